The summed E-state index contributed by atoms with van der Waals surface area (Å²) in [4.78, 5) is 4.43. The van der Waals surface area contributed by atoms with Crippen LogP contribution in [0.4, 0.5) is 4.39 Å². The van der Waals surface area contributed by atoms with E-state index in [1.54, 1.807) is 12.1 Å². The number of methoxy groups -OCH3 is 1. The Morgan fingerprint density at radius 3 is 2.61 bits per heavy atom. The van der Waals surface area contributed by atoms with Crippen LogP contribution < -0.4 is 10.5 Å². The van der Waals surface area contributed by atoms with Gasteiger partial charge in [-0.2, -0.15) is 0 Å². The number of ether oxygens (including phenoxy) is 1. The quantitative estimate of drug-likeness (QED) is 0.928. The Morgan fingerprint density at radius 2 is 2.11 bits per heavy atom. The molecule has 0 aliphatic heterocycles. The molecule has 0 radical (unpaired) electrons. The summed E-state index contributed by atoms with van der Waals surface area (Å²) in [5.41, 5.74) is 6.95. The topological polar surface area (TPSA) is 48.1 Å². The van der Waals surface area contributed by atoms with E-state index in [2.05, 4.69) is 4.98 Å². The lowest BCUT2D eigenvalue weighted by molar-refractivity contribution is 0.386. The second-order valence-electron chi connectivity index (χ2n) is 4.61. The molecule has 18 heavy (non-hydrogen) atoms. The van der Waals surface area contributed by atoms with Crippen molar-refractivity contribution in [2.45, 2.75) is 19.4 Å². The predicted octanol–water partition coefficient (Wildman–Crippen LogP) is 3.15. The molecule has 1 heterocycles. The Bertz CT molecular complexity index is 560. The van der Waals surface area contributed by atoms with E-state index in [1.807, 2.05) is 19.2 Å². The Morgan fingerprint density at radius 1 is 1.39 bits per heavy atom. The monoisotopic (exact) mass is 266 g/mol. The van der Waals surface area contributed by atoms with E-state index in [9.17, 15) is 4.39 Å². The minimum atomic E-state index is -0.478. The van der Waals surface area contributed by atoms with Crippen molar-refractivity contribution in [3.63, 3.8) is 0 Å². The number of thiazole rings is 1. The highest BCUT2D eigenvalue weighted by atomic mass is 32.1. The summed E-state index contributed by atoms with van der Waals surface area (Å²) in [6.45, 7) is 3.79. The van der Waals surface area contributed by atoms with Gasteiger partial charge < -0.3 is 10.5 Å². The SMILES string of the molecule is COc1ccc(-c2csc(C(C)(C)N)n2)cc1F. The van der Waals surface area contributed by atoms with Gasteiger partial charge in [0.05, 0.1) is 18.3 Å². The standard InChI is InChI=1S/C13H15FN2OS/c1-13(2,15)12-16-10(7-18-12)8-4-5-11(17-3)9(14)6-8/h4-7H,15H2,1-3H3. The number of aromatic nitrogens is 1. The number of halogens is 1. The smallest absolute Gasteiger partial charge is 0.165 e. The molecule has 0 saturated carbocycles. The van der Waals surface area contributed by atoms with Crippen LogP contribution in [0.5, 0.6) is 5.75 Å². The zero-order valence-electron chi connectivity index (χ0n) is 10.5. The predicted molar refractivity (Wildman–Crippen MR) is 71.3 cm³/mol. The third-order valence-electron chi connectivity index (χ3n) is 2.50. The summed E-state index contributed by atoms with van der Waals surface area (Å²) in [5.74, 6) is -0.162. The van der Waals surface area contributed by atoms with Crippen molar-refractivity contribution in [3.05, 3.63) is 34.4 Å². The minimum Gasteiger partial charge on any atom is -0.494 e. The fourth-order valence-corrected chi connectivity index (χ4v) is 2.39. The normalized spacial score (nSPS) is 11.6. The molecule has 3 nitrogen and oxygen atoms in total. The molecule has 1 aromatic carbocycles. The van der Waals surface area contributed by atoms with Crippen LogP contribution in [0.25, 0.3) is 11.3 Å². The van der Waals surface area contributed by atoms with Crippen molar-refractivity contribution in [1.29, 1.82) is 0 Å². The average Bonchev–Trinajstić information content (AvgIpc) is 2.77. The van der Waals surface area contributed by atoms with Gasteiger partial charge in [0.2, 0.25) is 0 Å². The van der Waals surface area contributed by atoms with Gasteiger partial charge in [-0.3, -0.25) is 0 Å². The summed E-state index contributed by atoms with van der Waals surface area (Å²) in [5, 5.41) is 2.71. The molecule has 2 aromatic rings. The van der Waals surface area contributed by atoms with E-state index in [0.29, 0.717) is 0 Å². The Labute approximate surface area is 109 Å². The van der Waals surface area contributed by atoms with Crippen molar-refractivity contribution in [2.75, 3.05) is 7.11 Å². The van der Waals surface area contributed by atoms with Crippen LogP contribution in [0.1, 0.15) is 18.9 Å². The highest BCUT2D eigenvalue weighted by Gasteiger charge is 2.19. The molecule has 1 aromatic heterocycles. The van der Waals surface area contributed by atoms with Gasteiger partial charge in [0.15, 0.2) is 11.6 Å². The van der Waals surface area contributed by atoms with Crippen LogP contribution >= 0.6 is 11.3 Å². The summed E-state index contributed by atoms with van der Waals surface area (Å²) < 4.78 is 18.5. The molecule has 2 rings (SSSR count). The molecule has 0 atom stereocenters. The molecule has 96 valence electrons. The van der Waals surface area contributed by atoms with Crippen LogP contribution in [0, 0.1) is 5.82 Å². The lowest BCUT2D eigenvalue weighted by Crippen LogP contribution is -2.28. The van der Waals surface area contributed by atoms with E-state index >= 15 is 0 Å². The fraction of sp³-hybridized carbons (Fsp3) is 0.308. The van der Waals surface area contributed by atoms with Crippen LogP contribution in [-0.4, -0.2) is 12.1 Å². The van der Waals surface area contributed by atoms with Gasteiger partial charge in [-0.25, -0.2) is 9.37 Å². The zero-order valence-corrected chi connectivity index (χ0v) is 11.3. The first kappa shape index (κ1) is 13.0. The molecule has 0 aliphatic rings. The largest absolute Gasteiger partial charge is 0.494 e. The maximum Gasteiger partial charge on any atom is 0.165 e. The van der Waals surface area contributed by atoms with Gasteiger partial charge in [-0.05, 0) is 32.0 Å². The van der Waals surface area contributed by atoms with Crippen LogP contribution in [0.15, 0.2) is 23.6 Å². The van der Waals surface area contributed by atoms with Gasteiger partial charge in [0.1, 0.15) is 5.01 Å². The first-order valence-electron chi connectivity index (χ1n) is 5.50. The number of hydrogen-bond donors (Lipinski definition) is 1. The molecule has 0 saturated heterocycles. The van der Waals surface area contributed by atoms with Crippen molar-refractivity contribution < 1.29 is 9.13 Å². The number of nitrogens with two attached hydrogens (primary N) is 1. The Balaban J connectivity index is 2.38. The highest BCUT2D eigenvalue weighted by molar-refractivity contribution is 7.10. The summed E-state index contributed by atoms with van der Waals surface area (Å²) in [6.07, 6.45) is 0. The third kappa shape index (κ3) is 2.52. The molecule has 5 heteroatoms. The number of hydrogen-bond acceptors (Lipinski definition) is 4. The number of rotatable bonds is 3. The molecule has 0 fully saturated rings. The maximum absolute atomic E-state index is 13.6. The van der Waals surface area contributed by atoms with Crippen LogP contribution in [0.3, 0.4) is 0 Å². The minimum absolute atomic E-state index is 0.230. The van der Waals surface area contributed by atoms with Crippen molar-refractivity contribution >= 4 is 11.3 Å². The van der Waals surface area contributed by atoms with E-state index in [4.69, 9.17) is 10.5 Å². The Kier molecular flexibility index (Phi) is 3.36. The van der Waals surface area contributed by atoms with Gasteiger partial charge in [0.25, 0.3) is 0 Å². The second kappa shape index (κ2) is 4.66. The summed E-state index contributed by atoms with van der Waals surface area (Å²) >= 11 is 1.48. The van der Waals surface area contributed by atoms with Gasteiger partial charge in [-0.1, -0.05) is 0 Å². The lowest BCUT2D eigenvalue weighted by atomic mass is 10.1. The van der Waals surface area contributed by atoms with Gasteiger partial charge in [-0.15, -0.1) is 11.3 Å². The van der Waals surface area contributed by atoms with Crippen LogP contribution in [-0.2, 0) is 5.54 Å². The molecular weight excluding hydrogens is 251 g/mol. The molecule has 0 unspecified atom stereocenters. The van der Waals surface area contributed by atoms with E-state index in [-0.39, 0.29) is 5.75 Å². The lowest BCUT2D eigenvalue weighted by Gasteiger charge is -2.13. The molecule has 0 spiro atoms. The van der Waals surface area contributed by atoms with Crippen molar-refractivity contribution in [3.8, 4) is 17.0 Å². The second-order valence-corrected chi connectivity index (χ2v) is 5.47. The van der Waals surface area contributed by atoms with E-state index < -0.39 is 11.4 Å². The molecular formula is C13H15FN2OS. The maximum atomic E-state index is 13.6. The van der Waals surface area contributed by atoms with Gasteiger partial charge >= 0.3 is 0 Å². The van der Waals surface area contributed by atoms with E-state index in [1.165, 1.54) is 24.5 Å². The van der Waals surface area contributed by atoms with E-state index in [0.717, 1.165) is 16.3 Å². The highest BCUT2D eigenvalue weighted by Crippen LogP contribution is 2.29. The average molecular weight is 266 g/mol. The first-order chi connectivity index (χ1) is 8.41. The number of nitrogens with zero attached hydrogens (tertiary/aromatic N) is 1. The Hall–Kier alpha value is -1.46. The fourth-order valence-electron chi connectivity index (χ4n) is 1.53. The first-order valence-corrected chi connectivity index (χ1v) is 6.38. The third-order valence-corrected chi connectivity index (χ3v) is 3.68. The molecule has 0 bridgehead atoms. The number of benzene rings is 1. The summed E-state index contributed by atoms with van der Waals surface area (Å²) in [6, 6.07) is 4.79. The molecule has 0 amide bonds. The molecule has 2 N–H and O–H groups in total. The van der Waals surface area contributed by atoms with Gasteiger partial charge in [0, 0.05) is 10.9 Å². The molecule has 0 aliphatic carbocycles. The zero-order chi connectivity index (χ0) is 13.3. The summed E-state index contributed by atoms with van der Waals surface area (Å²) in [7, 11) is 1.44. The van der Waals surface area contributed by atoms with Crippen molar-refractivity contribution in [1.82, 2.24) is 4.98 Å². The van der Waals surface area contributed by atoms with Crippen LogP contribution in [0.2, 0.25) is 0 Å². The van der Waals surface area contributed by atoms with Crippen molar-refractivity contribution in [2.24, 2.45) is 5.73 Å².